The molecule has 4 aromatic heterocycles. The van der Waals surface area contributed by atoms with Crippen molar-refractivity contribution in [1.29, 1.82) is 0 Å². The topological polar surface area (TPSA) is 26.8 Å². The van der Waals surface area contributed by atoms with Crippen LogP contribution in [0.1, 0.15) is 11.1 Å². The molecule has 0 N–H and O–H groups in total. The quantitative estimate of drug-likeness (QED) is 0.169. The van der Waals surface area contributed by atoms with Crippen molar-refractivity contribution in [3.63, 3.8) is 0 Å². The molecule has 238 valence electrons. The van der Waals surface area contributed by atoms with Gasteiger partial charge in [-0.05, 0) is 64.7 Å². The number of hydrogen-bond acceptors (Lipinski definition) is 1. The minimum absolute atomic E-state index is 0.726. The molecule has 0 saturated heterocycles. The molecule has 1 spiro atoms. The lowest BCUT2D eigenvalue weighted by Gasteiger charge is -2.37. The van der Waals surface area contributed by atoms with E-state index in [0.29, 0.717) is 0 Å². The monoisotopic (exact) mass is 662 g/mol. The van der Waals surface area contributed by atoms with Crippen LogP contribution in [0.2, 0.25) is 0 Å². The average Bonchev–Trinajstić information content (AvgIpc) is 3.83. The summed E-state index contributed by atoms with van der Waals surface area (Å²) < 4.78 is 17.4. The number of para-hydroxylation sites is 2. The fourth-order valence-electron chi connectivity index (χ4n) is 10.3. The molecule has 52 heavy (non-hydrogen) atoms. The molecule has 8 heterocycles. The number of benzene rings is 6. The molecule has 14 rings (SSSR count). The minimum atomic E-state index is -0.726. The van der Waals surface area contributed by atoms with Crippen molar-refractivity contribution >= 4 is 43.6 Å². The Balaban J connectivity index is 1.29. The van der Waals surface area contributed by atoms with E-state index in [1.807, 2.05) is 0 Å². The molecule has 1 unspecified atom stereocenters. The van der Waals surface area contributed by atoms with Gasteiger partial charge in [0.1, 0.15) is 16.6 Å². The summed E-state index contributed by atoms with van der Waals surface area (Å²) in [6, 6.07) is 57.9. The summed E-state index contributed by atoms with van der Waals surface area (Å²) in [6.45, 7) is 0. The Hall–Kier alpha value is -6.98. The van der Waals surface area contributed by atoms with Crippen molar-refractivity contribution in [2.75, 3.05) is 0 Å². The summed E-state index contributed by atoms with van der Waals surface area (Å²) in [7, 11) is 0. The van der Waals surface area contributed by atoms with Gasteiger partial charge in [-0.2, -0.15) is 4.57 Å². The van der Waals surface area contributed by atoms with Gasteiger partial charge in [0, 0.05) is 39.7 Å². The molecule has 4 aliphatic heterocycles. The smallest absolute Gasteiger partial charge is 0.379 e. The number of nitrogens with zero attached hydrogens (tertiary/aromatic N) is 4. The van der Waals surface area contributed by atoms with Crippen LogP contribution in [0.4, 0.5) is 0 Å². The predicted molar refractivity (Wildman–Crippen MR) is 203 cm³/mol. The number of ether oxygens (including phenoxy) is 1. The highest BCUT2D eigenvalue weighted by Gasteiger charge is 2.71. The molecule has 6 aromatic carbocycles. The van der Waals surface area contributed by atoms with Crippen molar-refractivity contribution in [3.8, 4) is 56.8 Å². The third-order valence-corrected chi connectivity index (χ3v) is 12.2. The van der Waals surface area contributed by atoms with Crippen LogP contribution in [0, 0.1) is 0 Å². The van der Waals surface area contributed by atoms with E-state index in [1.165, 1.54) is 77.2 Å². The first-order valence-corrected chi connectivity index (χ1v) is 17.9. The van der Waals surface area contributed by atoms with E-state index in [2.05, 4.69) is 176 Å². The number of pyridine rings is 2. The first-order chi connectivity index (χ1) is 25.8. The van der Waals surface area contributed by atoms with Gasteiger partial charge in [-0.1, -0.05) is 91.0 Å². The summed E-state index contributed by atoms with van der Waals surface area (Å²) in [5.74, 6) is 2.90. The largest absolute Gasteiger partial charge is 0.404 e. The number of hydrogen-bond donors (Lipinski definition) is 0. The number of fused-ring (bicyclic) bond motifs is 9. The Morgan fingerprint density at radius 1 is 0.442 bits per heavy atom. The Kier molecular flexibility index (Phi) is 4.23. The summed E-state index contributed by atoms with van der Waals surface area (Å²) in [6.07, 6.45) is 0. The molecular weight excluding hydrogens is 637 g/mol. The summed E-state index contributed by atoms with van der Waals surface area (Å²) in [4.78, 5) is 0. The van der Waals surface area contributed by atoms with Crippen molar-refractivity contribution in [2.45, 2.75) is 5.66 Å². The van der Waals surface area contributed by atoms with Gasteiger partial charge in [-0.3, -0.25) is 0 Å². The van der Waals surface area contributed by atoms with Gasteiger partial charge in [-0.15, -0.1) is 9.13 Å². The van der Waals surface area contributed by atoms with Crippen LogP contribution in [-0.4, -0.2) is 9.13 Å². The maximum absolute atomic E-state index is 7.17. The zero-order valence-electron chi connectivity index (χ0n) is 27.7. The van der Waals surface area contributed by atoms with Crippen LogP contribution in [0.25, 0.3) is 88.8 Å². The molecule has 0 bridgehead atoms. The normalized spacial score (nSPS) is 16.3. The minimum Gasteiger partial charge on any atom is -0.404 e. The highest BCUT2D eigenvalue weighted by Crippen LogP contribution is 2.58. The molecule has 0 aliphatic carbocycles. The third kappa shape index (κ3) is 2.66. The molecule has 5 nitrogen and oxygen atoms in total. The van der Waals surface area contributed by atoms with Gasteiger partial charge in [0.2, 0.25) is 5.69 Å². The summed E-state index contributed by atoms with van der Waals surface area (Å²) in [5, 5.41) is 5.02. The lowest BCUT2D eigenvalue weighted by atomic mass is 9.81. The van der Waals surface area contributed by atoms with Gasteiger partial charge in [0.05, 0.1) is 22.8 Å². The standard InChI is InChI=1S/C47H26N4O/c1-3-11-27(12-4-1)29-23-38-39-24-30(28-13-5-2-6-14-28)26-42-51(39)47-43-37(48-35-17-9-7-15-31(35)34-20-22-40(52-42)44(47)46(34)48)21-19-33-32-16-8-10-18-36(32)49(45(33)43)41(25-29)50(38)47/h1-26H/q+2. The van der Waals surface area contributed by atoms with Gasteiger partial charge in [0.15, 0.2) is 11.3 Å². The van der Waals surface area contributed by atoms with E-state index in [0.717, 1.165) is 34.3 Å². The SMILES string of the molecule is c1ccc(-c2cc3[n+]4c(c2)-c2cc(-c5ccccc5)cc5[n+]2C42c4c(ccc6c7ccccc7n(c46)-c4ccc6c7ccccc7n-5c6c42)O3)cc1. The zero-order valence-corrected chi connectivity index (χ0v) is 27.7. The second-order valence-corrected chi connectivity index (χ2v) is 14.5. The van der Waals surface area contributed by atoms with E-state index >= 15 is 0 Å². The molecule has 4 aliphatic rings. The maximum atomic E-state index is 7.17. The van der Waals surface area contributed by atoms with E-state index in [-0.39, 0.29) is 0 Å². The van der Waals surface area contributed by atoms with Crippen molar-refractivity contribution in [2.24, 2.45) is 0 Å². The van der Waals surface area contributed by atoms with E-state index in [9.17, 15) is 0 Å². The number of aromatic nitrogens is 4. The van der Waals surface area contributed by atoms with E-state index in [1.54, 1.807) is 0 Å². The molecule has 0 radical (unpaired) electrons. The van der Waals surface area contributed by atoms with Gasteiger partial charge in [0.25, 0.3) is 11.5 Å². The maximum Gasteiger partial charge on any atom is 0.379 e. The number of rotatable bonds is 2. The average molecular weight is 663 g/mol. The first-order valence-electron chi connectivity index (χ1n) is 17.9. The highest BCUT2D eigenvalue weighted by molar-refractivity contribution is 6.16. The fourth-order valence-corrected chi connectivity index (χ4v) is 10.3. The molecule has 0 saturated carbocycles. The molecule has 1 atom stereocenters. The third-order valence-electron chi connectivity index (χ3n) is 12.2. The Bertz CT molecular complexity index is 3320. The predicted octanol–water partition coefficient (Wildman–Crippen LogP) is 9.80. The van der Waals surface area contributed by atoms with Crippen LogP contribution in [0.15, 0.2) is 158 Å². The first kappa shape index (κ1) is 25.9. The lowest BCUT2D eigenvalue weighted by molar-refractivity contribution is -0.938. The van der Waals surface area contributed by atoms with Crippen LogP contribution < -0.4 is 13.9 Å². The molecule has 0 fully saturated rings. The Labute approximate surface area is 297 Å². The van der Waals surface area contributed by atoms with Gasteiger partial charge >= 0.3 is 11.5 Å². The second kappa shape index (κ2) is 8.48. The van der Waals surface area contributed by atoms with Crippen LogP contribution in [0.5, 0.6) is 11.6 Å². The fraction of sp³-hybridized carbons (Fsp3) is 0.0213. The van der Waals surface area contributed by atoms with E-state index < -0.39 is 5.66 Å². The molecular formula is C47H26N4O+2. The molecule has 5 heteroatoms. The molecule has 0 amide bonds. The molecule has 10 aromatic rings. The van der Waals surface area contributed by atoms with Crippen LogP contribution in [0.3, 0.4) is 0 Å². The van der Waals surface area contributed by atoms with Crippen molar-refractivity contribution in [3.05, 3.63) is 169 Å². The van der Waals surface area contributed by atoms with Crippen LogP contribution >= 0.6 is 0 Å². The van der Waals surface area contributed by atoms with Crippen molar-refractivity contribution in [1.82, 2.24) is 9.13 Å². The lowest BCUT2D eigenvalue weighted by Crippen LogP contribution is -2.75. The summed E-state index contributed by atoms with van der Waals surface area (Å²) in [5.41, 5.74) is 14.8. The zero-order chi connectivity index (χ0) is 33.4. The van der Waals surface area contributed by atoms with Crippen LogP contribution in [-0.2, 0) is 5.66 Å². The second-order valence-electron chi connectivity index (χ2n) is 14.5. The summed E-state index contributed by atoms with van der Waals surface area (Å²) >= 11 is 0. The van der Waals surface area contributed by atoms with Gasteiger partial charge in [-0.25, -0.2) is 0 Å². The Morgan fingerprint density at radius 3 is 1.73 bits per heavy atom. The van der Waals surface area contributed by atoms with Crippen molar-refractivity contribution < 1.29 is 13.9 Å². The highest BCUT2D eigenvalue weighted by atomic mass is 16.5. The van der Waals surface area contributed by atoms with Gasteiger partial charge < -0.3 is 9.30 Å². The van der Waals surface area contributed by atoms with E-state index in [4.69, 9.17) is 4.74 Å². The Morgan fingerprint density at radius 2 is 1.02 bits per heavy atom.